The van der Waals surface area contributed by atoms with Gasteiger partial charge in [0, 0.05) is 23.0 Å². The second-order valence-electron chi connectivity index (χ2n) is 6.88. The van der Waals surface area contributed by atoms with Crippen molar-refractivity contribution in [2.45, 2.75) is 20.0 Å². The smallest absolute Gasteiger partial charge is 0.280 e. The molecule has 4 aromatic rings. The van der Waals surface area contributed by atoms with Crippen LogP contribution < -0.4 is 10.5 Å². The van der Waals surface area contributed by atoms with Crippen molar-refractivity contribution in [3.8, 4) is 28.3 Å². The van der Waals surface area contributed by atoms with Crippen LogP contribution in [0.3, 0.4) is 0 Å². The second kappa shape index (κ2) is 8.96. The summed E-state index contributed by atoms with van der Waals surface area (Å²) in [5.74, 6) is -0.436. The van der Waals surface area contributed by atoms with E-state index < -0.39 is 17.9 Å². The number of benzene rings is 1. The van der Waals surface area contributed by atoms with E-state index in [4.69, 9.17) is 10.5 Å². The predicted octanol–water partition coefficient (Wildman–Crippen LogP) is 4.54. The fraction of sp³-hybridized carbons (Fsp3) is 0.136. The Labute approximate surface area is 181 Å². The molecule has 1 aromatic carbocycles. The van der Waals surface area contributed by atoms with Crippen molar-refractivity contribution in [1.29, 1.82) is 0 Å². The van der Waals surface area contributed by atoms with Crippen LogP contribution in [0, 0.1) is 12.7 Å². The van der Waals surface area contributed by atoms with Crippen LogP contribution in [0.2, 0.25) is 0 Å². The van der Waals surface area contributed by atoms with Gasteiger partial charge in [0.25, 0.3) is 6.43 Å². The first-order valence-electron chi connectivity index (χ1n) is 9.49. The van der Waals surface area contributed by atoms with E-state index in [2.05, 4.69) is 25.1 Å². The number of nitrogen functional groups attached to an aromatic ring is 1. The van der Waals surface area contributed by atoms with Gasteiger partial charge in [-0.3, -0.25) is 4.98 Å². The lowest BCUT2D eigenvalue weighted by atomic mass is 9.99. The number of hydrogen-bond acceptors (Lipinski definition) is 7. The van der Waals surface area contributed by atoms with Crippen molar-refractivity contribution in [3.05, 3.63) is 77.6 Å². The highest BCUT2D eigenvalue weighted by Crippen LogP contribution is 2.39. The van der Waals surface area contributed by atoms with Gasteiger partial charge in [-0.25, -0.2) is 18.2 Å². The van der Waals surface area contributed by atoms with Crippen molar-refractivity contribution in [2.24, 2.45) is 0 Å². The van der Waals surface area contributed by atoms with Gasteiger partial charge in [0.2, 0.25) is 11.8 Å². The van der Waals surface area contributed by atoms with Crippen molar-refractivity contribution in [2.75, 3.05) is 5.73 Å². The topological polar surface area (TPSA) is 99.7 Å². The molecule has 3 aromatic heterocycles. The molecule has 7 nitrogen and oxygen atoms in total. The lowest BCUT2D eigenvalue weighted by Gasteiger charge is -2.16. The number of halogens is 3. The number of ether oxygens (including phenoxy) is 1. The highest BCUT2D eigenvalue weighted by Gasteiger charge is 2.21. The zero-order valence-electron chi connectivity index (χ0n) is 16.8. The molecule has 162 valence electrons. The first-order chi connectivity index (χ1) is 15.4. The third-order valence-corrected chi connectivity index (χ3v) is 4.52. The van der Waals surface area contributed by atoms with Crippen molar-refractivity contribution in [1.82, 2.24) is 25.1 Å². The van der Waals surface area contributed by atoms with Crippen molar-refractivity contribution < 1.29 is 17.9 Å². The number of pyridine rings is 1. The van der Waals surface area contributed by atoms with Crippen LogP contribution >= 0.6 is 0 Å². The molecule has 0 radical (unpaired) electrons. The Hall–Kier alpha value is -4.08. The maximum absolute atomic E-state index is 13.5. The van der Waals surface area contributed by atoms with Gasteiger partial charge in [-0.05, 0) is 55.0 Å². The van der Waals surface area contributed by atoms with Gasteiger partial charge in [-0.2, -0.15) is 15.2 Å². The monoisotopic (exact) mass is 438 g/mol. The summed E-state index contributed by atoms with van der Waals surface area (Å²) < 4.78 is 46.3. The maximum atomic E-state index is 13.5. The Morgan fingerprint density at radius 2 is 1.75 bits per heavy atom. The fourth-order valence-corrected chi connectivity index (χ4v) is 3.14. The largest absolute Gasteiger partial charge is 0.472 e. The van der Waals surface area contributed by atoms with Crippen LogP contribution in [0.15, 0.2) is 54.9 Å². The Bertz CT molecular complexity index is 1240. The molecule has 3 heterocycles. The SMILES string of the molecule is Cc1cc(-c2c(OCc3ccnnc3)nc(N)nc2-c2ccc(F)cc2)cc(C(F)F)n1. The maximum Gasteiger partial charge on any atom is 0.280 e. The van der Waals surface area contributed by atoms with Gasteiger partial charge in [0.15, 0.2) is 0 Å². The summed E-state index contributed by atoms with van der Waals surface area (Å²) in [6.45, 7) is 1.68. The van der Waals surface area contributed by atoms with E-state index in [-0.39, 0.29) is 18.4 Å². The van der Waals surface area contributed by atoms with Crippen molar-refractivity contribution in [3.63, 3.8) is 0 Å². The molecule has 0 fully saturated rings. The van der Waals surface area contributed by atoms with Gasteiger partial charge in [0.1, 0.15) is 18.1 Å². The first-order valence-corrected chi connectivity index (χ1v) is 9.49. The van der Waals surface area contributed by atoms with Crippen LogP contribution in [-0.2, 0) is 6.61 Å². The normalized spacial score (nSPS) is 11.0. The average Bonchev–Trinajstić information content (AvgIpc) is 2.78. The zero-order chi connectivity index (χ0) is 22.7. The number of nitrogens with zero attached hydrogens (tertiary/aromatic N) is 5. The van der Waals surface area contributed by atoms with Crippen LogP contribution in [0.1, 0.15) is 23.4 Å². The standard InChI is InChI=1S/C22H17F3N6O/c1-12-8-15(9-17(29-12)20(24)25)18-19(14-2-4-16(23)5-3-14)30-22(26)31-21(18)32-11-13-6-7-27-28-10-13/h2-10,20H,11H2,1H3,(H2,26,30,31). The van der Waals surface area contributed by atoms with Gasteiger partial charge in [-0.1, -0.05) is 0 Å². The molecule has 0 aliphatic carbocycles. The van der Waals surface area contributed by atoms with Crippen LogP contribution in [0.25, 0.3) is 22.4 Å². The molecule has 2 N–H and O–H groups in total. The van der Waals surface area contributed by atoms with E-state index in [1.165, 1.54) is 42.7 Å². The highest BCUT2D eigenvalue weighted by molar-refractivity contribution is 5.85. The summed E-state index contributed by atoms with van der Waals surface area (Å²) in [5.41, 5.74) is 8.14. The fourth-order valence-electron chi connectivity index (χ4n) is 3.14. The summed E-state index contributed by atoms with van der Waals surface area (Å²) in [6.07, 6.45) is 0.264. The number of hydrogen-bond donors (Lipinski definition) is 1. The molecule has 4 rings (SSSR count). The molecule has 0 saturated heterocycles. The molecular formula is C22H17F3N6O. The molecule has 0 aliphatic rings. The molecule has 0 unspecified atom stereocenters. The van der Waals surface area contributed by atoms with E-state index in [0.717, 1.165) is 0 Å². The van der Waals surface area contributed by atoms with E-state index >= 15 is 0 Å². The van der Waals surface area contributed by atoms with Gasteiger partial charge in [-0.15, -0.1) is 0 Å². The second-order valence-corrected chi connectivity index (χ2v) is 6.88. The summed E-state index contributed by atoms with van der Waals surface area (Å²) >= 11 is 0. The van der Waals surface area contributed by atoms with E-state index in [0.29, 0.717) is 33.6 Å². The molecule has 32 heavy (non-hydrogen) atoms. The molecule has 0 saturated carbocycles. The lowest BCUT2D eigenvalue weighted by molar-refractivity contribution is 0.146. The lowest BCUT2D eigenvalue weighted by Crippen LogP contribution is -2.06. The zero-order valence-corrected chi connectivity index (χ0v) is 16.8. The number of nitrogens with two attached hydrogens (primary N) is 1. The Kier molecular flexibility index (Phi) is 5.93. The number of aromatic nitrogens is 5. The van der Waals surface area contributed by atoms with Gasteiger partial charge in [0.05, 0.1) is 17.5 Å². The predicted molar refractivity (Wildman–Crippen MR) is 111 cm³/mol. The van der Waals surface area contributed by atoms with Crippen LogP contribution in [-0.4, -0.2) is 25.1 Å². The summed E-state index contributed by atoms with van der Waals surface area (Å²) in [4.78, 5) is 12.4. The number of aryl methyl sites for hydroxylation is 1. The molecule has 0 atom stereocenters. The molecule has 0 aliphatic heterocycles. The van der Waals surface area contributed by atoms with E-state index in [9.17, 15) is 13.2 Å². The highest BCUT2D eigenvalue weighted by atomic mass is 19.3. The minimum absolute atomic E-state index is 0.0770. The number of rotatable bonds is 6. The summed E-state index contributed by atoms with van der Waals surface area (Å²) in [7, 11) is 0. The van der Waals surface area contributed by atoms with Gasteiger partial charge < -0.3 is 10.5 Å². The molecule has 0 spiro atoms. The third-order valence-electron chi connectivity index (χ3n) is 4.52. The Morgan fingerprint density at radius 1 is 0.969 bits per heavy atom. The summed E-state index contributed by atoms with van der Waals surface area (Å²) in [6, 6.07) is 10.1. The van der Waals surface area contributed by atoms with E-state index in [1.807, 2.05) is 0 Å². The molecule has 10 heteroatoms. The quantitative estimate of drug-likeness (QED) is 0.472. The molecular weight excluding hydrogens is 421 g/mol. The third kappa shape index (κ3) is 4.64. The summed E-state index contributed by atoms with van der Waals surface area (Å²) in [5, 5.41) is 7.51. The van der Waals surface area contributed by atoms with E-state index in [1.54, 1.807) is 19.1 Å². The molecule has 0 bridgehead atoms. The number of alkyl halides is 2. The Balaban J connectivity index is 1.90. The molecule has 0 amide bonds. The Morgan fingerprint density at radius 3 is 2.44 bits per heavy atom. The number of anilines is 1. The van der Waals surface area contributed by atoms with Gasteiger partial charge >= 0.3 is 0 Å². The van der Waals surface area contributed by atoms with Crippen molar-refractivity contribution >= 4 is 5.95 Å². The van der Waals surface area contributed by atoms with Crippen LogP contribution in [0.5, 0.6) is 5.88 Å². The van der Waals surface area contributed by atoms with Crippen LogP contribution in [0.4, 0.5) is 19.1 Å². The minimum atomic E-state index is -2.77. The minimum Gasteiger partial charge on any atom is -0.472 e. The first kappa shape index (κ1) is 21.2. The average molecular weight is 438 g/mol.